The summed E-state index contributed by atoms with van der Waals surface area (Å²) in [5.74, 6) is 0.795. The molecule has 0 aliphatic carbocycles. The smallest absolute Gasteiger partial charge is 0.225 e. The molecule has 0 amide bonds. The molecule has 2 aromatic heterocycles. The predicted octanol–water partition coefficient (Wildman–Crippen LogP) is 3.19. The molecule has 4 rings (SSSR count). The highest BCUT2D eigenvalue weighted by Gasteiger charge is 2.14. The van der Waals surface area contributed by atoms with Crippen LogP contribution in [-0.4, -0.2) is 36.3 Å². The summed E-state index contributed by atoms with van der Waals surface area (Å²) < 4.78 is 6.65. The molecule has 1 aliphatic heterocycles. The van der Waals surface area contributed by atoms with Crippen molar-refractivity contribution in [1.82, 2.24) is 9.97 Å². The normalized spacial score (nSPS) is 15.5. The number of morpholine rings is 1. The van der Waals surface area contributed by atoms with Gasteiger partial charge in [-0.25, -0.2) is 9.97 Å². The standard InChI is InChI=1S/C16H15N3OS/c1-2-4-14-12(3-1)9-15(21-14)13-10-17-16(18-11-13)19-5-7-20-8-6-19/h1-4,9-11H,5-8H2. The highest BCUT2D eigenvalue weighted by molar-refractivity contribution is 7.22. The molecule has 0 saturated carbocycles. The predicted molar refractivity (Wildman–Crippen MR) is 85.9 cm³/mol. The first-order valence-electron chi connectivity index (χ1n) is 7.04. The van der Waals surface area contributed by atoms with Crippen molar-refractivity contribution in [3.63, 3.8) is 0 Å². The lowest BCUT2D eigenvalue weighted by atomic mass is 10.2. The maximum Gasteiger partial charge on any atom is 0.225 e. The van der Waals surface area contributed by atoms with Crippen molar-refractivity contribution >= 4 is 27.4 Å². The van der Waals surface area contributed by atoms with Crippen molar-refractivity contribution in [2.24, 2.45) is 0 Å². The number of hydrogen-bond acceptors (Lipinski definition) is 5. The Balaban J connectivity index is 1.63. The van der Waals surface area contributed by atoms with Crippen LogP contribution in [0.4, 0.5) is 5.95 Å². The van der Waals surface area contributed by atoms with E-state index in [2.05, 4.69) is 45.2 Å². The van der Waals surface area contributed by atoms with Gasteiger partial charge in [0.1, 0.15) is 0 Å². The molecule has 21 heavy (non-hydrogen) atoms. The van der Waals surface area contributed by atoms with Crippen LogP contribution in [0, 0.1) is 0 Å². The van der Waals surface area contributed by atoms with E-state index in [4.69, 9.17) is 4.74 Å². The number of anilines is 1. The van der Waals surface area contributed by atoms with Gasteiger partial charge in [-0.15, -0.1) is 11.3 Å². The largest absolute Gasteiger partial charge is 0.378 e. The first-order valence-corrected chi connectivity index (χ1v) is 7.85. The second kappa shape index (κ2) is 5.42. The summed E-state index contributed by atoms with van der Waals surface area (Å²) in [7, 11) is 0. The Hall–Kier alpha value is -1.98. The Morgan fingerprint density at radius 1 is 1.05 bits per heavy atom. The zero-order chi connectivity index (χ0) is 14.1. The fourth-order valence-electron chi connectivity index (χ4n) is 2.50. The summed E-state index contributed by atoms with van der Waals surface area (Å²) in [5, 5.41) is 1.27. The van der Waals surface area contributed by atoms with E-state index in [1.807, 2.05) is 12.4 Å². The number of fused-ring (bicyclic) bond motifs is 1. The topological polar surface area (TPSA) is 38.2 Å². The van der Waals surface area contributed by atoms with E-state index >= 15 is 0 Å². The third-order valence-electron chi connectivity index (χ3n) is 3.64. The number of hydrogen-bond donors (Lipinski definition) is 0. The van der Waals surface area contributed by atoms with Crippen molar-refractivity contribution < 1.29 is 4.74 Å². The summed E-state index contributed by atoms with van der Waals surface area (Å²) in [6.07, 6.45) is 3.84. The van der Waals surface area contributed by atoms with Crippen LogP contribution >= 0.6 is 11.3 Å². The van der Waals surface area contributed by atoms with Crippen molar-refractivity contribution in [3.8, 4) is 10.4 Å². The molecule has 1 aromatic carbocycles. The molecular weight excluding hydrogens is 282 g/mol. The summed E-state index contributed by atoms with van der Waals surface area (Å²) in [6.45, 7) is 3.23. The summed E-state index contributed by atoms with van der Waals surface area (Å²) in [4.78, 5) is 12.4. The highest BCUT2D eigenvalue weighted by Crippen LogP contribution is 2.32. The van der Waals surface area contributed by atoms with Gasteiger partial charge in [0, 0.05) is 40.6 Å². The van der Waals surface area contributed by atoms with Gasteiger partial charge in [0.15, 0.2) is 0 Å². The molecule has 5 heteroatoms. The second-order valence-corrected chi connectivity index (χ2v) is 6.10. The Bertz CT molecular complexity index is 715. The molecule has 4 nitrogen and oxygen atoms in total. The Morgan fingerprint density at radius 2 is 1.81 bits per heavy atom. The van der Waals surface area contributed by atoms with Gasteiger partial charge in [-0.3, -0.25) is 0 Å². The molecule has 1 saturated heterocycles. The van der Waals surface area contributed by atoms with Crippen LogP contribution in [0.5, 0.6) is 0 Å². The van der Waals surface area contributed by atoms with Gasteiger partial charge in [0.25, 0.3) is 0 Å². The fourth-order valence-corrected chi connectivity index (χ4v) is 3.54. The SMILES string of the molecule is c1ccc2sc(-c3cnc(N4CCOCC4)nc3)cc2c1. The van der Waals surface area contributed by atoms with Crippen molar-refractivity contribution in [3.05, 3.63) is 42.7 Å². The van der Waals surface area contributed by atoms with E-state index in [0.29, 0.717) is 0 Å². The van der Waals surface area contributed by atoms with Crippen molar-refractivity contribution in [1.29, 1.82) is 0 Å². The van der Waals surface area contributed by atoms with Gasteiger partial charge in [0.05, 0.1) is 13.2 Å². The Kier molecular flexibility index (Phi) is 3.29. The minimum atomic E-state index is 0.751. The molecule has 3 heterocycles. The van der Waals surface area contributed by atoms with Crippen molar-refractivity contribution in [2.45, 2.75) is 0 Å². The molecule has 0 atom stereocenters. The van der Waals surface area contributed by atoms with E-state index in [1.165, 1.54) is 15.0 Å². The van der Waals surface area contributed by atoms with Gasteiger partial charge < -0.3 is 9.64 Å². The summed E-state index contributed by atoms with van der Waals surface area (Å²) >= 11 is 1.78. The van der Waals surface area contributed by atoms with Crippen LogP contribution in [-0.2, 0) is 4.74 Å². The molecule has 0 spiro atoms. The number of rotatable bonds is 2. The maximum atomic E-state index is 5.35. The van der Waals surface area contributed by atoms with Crippen LogP contribution in [0.3, 0.4) is 0 Å². The maximum absolute atomic E-state index is 5.35. The van der Waals surface area contributed by atoms with Gasteiger partial charge in [0.2, 0.25) is 5.95 Å². The van der Waals surface area contributed by atoms with Crippen LogP contribution < -0.4 is 4.90 Å². The summed E-state index contributed by atoms with van der Waals surface area (Å²) in [6, 6.07) is 10.6. The molecule has 0 unspecified atom stereocenters. The van der Waals surface area contributed by atoms with Gasteiger partial charge in [-0.05, 0) is 17.5 Å². The van der Waals surface area contributed by atoms with Crippen LogP contribution in [0.25, 0.3) is 20.5 Å². The molecule has 0 bridgehead atoms. The molecular formula is C16H15N3OS. The van der Waals surface area contributed by atoms with E-state index < -0.39 is 0 Å². The Labute approximate surface area is 127 Å². The monoisotopic (exact) mass is 297 g/mol. The lowest BCUT2D eigenvalue weighted by Crippen LogP contribution is -2.37. The third-order valence-corrected chi connectivity index (χ3v) is 4.81. The van der Waals surface area contributed by atoms with E-state index in [9.17, 15) is 0 Å². The number of thiophene rings is 1. The fraction of sp³-hybridized carbons (Fsp3) is 0.250. The first kappa shape index (κ1) is 12.7. The zero-order valence-electron chi connectivity index (χ0n) is 11.5. The first-order chi connectivity index (χ1) is 10.4. The molecule has 0 N–H and O–H groups in total. The van der Waals surface area contributed by atoms with E-state index in [0.717, 1.165) is 37.8 Å². The van der Waals surface area contributed by atoms with E-state index in [-0.39, 0.29) is 0 Å². The molecule has 1 fully saturated rings. The summed E-state index contributed by atoms with van der Waals surface area (Å²) in [5.41, 5.74) is 1.08. The quantitative estimate of drug-likeness (QED) is 0.728. The average Bonchev–Trinajstić information content (AvgIpc) is 3.00. The number of aromatic nitrogens is 2. The number of benzene rings is 1. The minimum absolute atomic E-state index is 0.751. The number of ether oxygens (including phenoxy) is 1. The van der Waals surface area contributed by atoms with Crippen LogP contribution in [0.2, 0.25) is 0 Å². The average molecular weight is 297 g/mol. The minimum Gasteiger partial charge on any atom is -0.378 e. The molecule has 106 valence electrons. The van der Waals surface area contributed by atoms with Gasteiger partial charge in [-0.1, -0.05) is 18.2 Å². The van der Waals surface area contributed by atoms with Crippen molar-refractivity contribution in [2.75, 3.05) is 31.2 Å². The highest BCUT2D eigenvalue weighted by atomic mass is 32.1. The number of nitrogens with zero attached hydrogens (tertiary/aromatic N) is 3. The van der Waals surface area contributed by atoms with Gasteiger partial charge >= 0.3 is 0 Å². The zero-order valence-corrected chi connectivity index (χ0v) is 12.3. The molecule has 0 radical (unpaired) electrons. The van der Waals surface area contributed by atoms with E-state index in [1.54, 1.807) is 11.3 Å². The lowest BCUT2D eigenvalue weighted by molar-refractivity contribution is 0.122. The Morgan fingerprint density at radius 3 is 2.57 bits per heavy atom. The van der Waals surface area contributed by atoms with Crippen LogP contribution in [0.15, 0.2) is 42.7 Å². The molecule has 1 aliphatic rings. The lowest BCUT2D eigenvalue weighted by Gasteiger charge is -2.26. The molecule has 3 aromatic rings. The van der Waals surface area contributed by atoms with Gasteiger partial charge in [-0.2, -0.15) is 0 Å². The van der Waals surface area contributed by atoms with Crippen LogP contribution in [0.1, 0.15) is 0 Å². The third kappa shape index (κ3) is 2.50. The second-order valence-electron chi connectivity index (χ2n) is 5.02.